The molecular weight excluding hydrogens is 329 g/mol. The van der Waals surface area contributed by atoms with Gasteiger partial charge in [0.05, 0.1) is 16.5 Å². The van der Waals surface area contributed by atoms with Gasteiger partial charge in [-0.15, -0.1) is 0 Å². The third-order valence-corrected chi connectivity index (χ3v) is 3.89. The number of halogens is 2. The van der Waals surface area contributed by atoms with Crippen LogP contribution in [0.25, 0.3) is 0 Å². The maximum atomic E-state index is 12.1. The number of hydrogen-bond acceptors (Lipinski definition) is 4. The first-order valence-corrected chi connectivity index (χ1v) is 7.18. The van der Waals surface area contributed by atoms with Gasteiger partial charge in [0.1, 0.15) is 11.9 Å². The zero-order valence-corrected chi connectivity index (χ0v) is 12.9. The number of rotatable bonds is 3. The van der Waals surface area contributed by atoms with Gasteiger partial charge in [0.2, 0.25) is 11.9 Å². The molecule has 22 heavy (non-hydrogen) atoms. The fraction of sp³-hybridized carbons (Fsp3) is 0.231. The van der Waals surface area contributed by atoms with E-state index in [4.69, 9.17) is 23.2 Å². The van der Waals surface area contributed by atoms with Crippen LogP contribution in [-0.4, -0.2) is 26.6 Å². The lowest BCUT2D eigenvalue weighted by Gasteiger charge is -2.10. The van der Waals surface area contributed by atoms with Crippen molar-refractivity contribution in [3.8, 4) is 0 Å². The highest BCUT2D eigenvalue weighted by Gasteiger charge is 2.34. The van der Waals surface area contributed by atoms with Crippen molar-refractivity contribution in [3.05, 3.63) is 34.1 Å². The topological polar surface area (TPSA) is 88.9 Å². The van der Waals surface area contributed by atoms with Gasteiger partial charge in [-0.25, -0.2) is 4.68 Å². The van der Waals surface area contributed by atoms with Gasteiger partial charge < -0.3 is 5.32 Å². The van der Waals surface area contributed by atoms with Crippen molar-refractivity contribution in [2.75, 3.05) is 10.6 Å². The van der Waals surface area contributed by atoms with Crippen LogP contribution in [0.5, 0.6) is 0 Å². The van der Waals surface area contributed by atoms with Crippen LogP contribution in [0.1, 0.15) is 18.3 Å². The number of carbonyl (C=O) groups is 2. The Morgan fingerprint density at radius 3 is 2.91 bits per heavy atom. The number of aromatic nitrogens is 3. The molecule has 0 aliphatic carbocycles. The Hall–Kier alpha value is -2.12. The molecule has 114 valence electrons. The third kappa shape index (κ3) is 2.77. The normalized spacial score (nSPS) is 16.3. The van der Waals surface area contributed by atoms with E-state index in [2.05, 4.69) is 20.7 Å². The molecule has 2 amide bonds. The number of fused-ring (bicyclic) bond motifs is 1. The summed E-state index contributed by atoms with van der Waals surface area (Å²) >= 11 is 11.7. The van der Waals surface area contributed by atoms with Crippen molar-refractivity contribution in [1.82, 2.24) is 14.8 Å². The van der Waals surface area contributed by atoms with E-state index < -0.39 is 6.04 Å². The molecule has 9 heteroatoms. The van der Waals surface area contributed by atoms with Crippen molar-refractivity contribution in [2.24, 2.45) is 0 Å². The van der Waals surface area contributed by atoms with Gasteiger partial charge >= 0.3 is 0 Å². The van der Waals surface area contributed by atoms with Crippen LogP contribution in [0.3, 0.4) is 0 Å². The fourth-order valence-corrected chi connectivity index (χ4v) is 2.48. The van der Waals surface area contributed by atoms with E-state index in [1.54, 1.807) is 25.1 Å². The Kier molecular flexibility index (Phi) is 3.76. The molecule has 0 unspecified atom stereocenters. The van der Waals surface area contributed by atoms with E-state index in [0.717, 1.165) is 0 Å². The smallest absolute Gasteiger partial charge is 0.252 e. The second kappa shape index (κ2) is 5.58. The zero-order valence-electron chi connectivity index (χ0n) is 11.4. The number of hydrogen-bond donors (Lipinski definition) is 2. The molecular formula is C13H11Cl2N5O2. The Labute approximate surface area is 135 Å². The van der Waals surface area contributed by atoms with E-state index in [0.29, 0.717) is 27.5 Å². The highest BCUT2D eigenvalue weighted by atomic mass is 35.5. The van der Waals surface area contributed by atoms with Gasteiger partial charge in [0.15, 0.2) is 0 Å². The van der Waals surface area contributed by atoms with Gasteiger partial charge in [-0.05, 0) is 25.1 Å². The molecule has 0 saturated carbocycles. The summed E-state index contributed by atoms with van der Waals surface area (Å²) in [4.78, 5) is 28.0. The molecule has 0 spiro atoms. The van der Waals surface area contributed by atoms with Crippen molar-refractivity contribution in [1.29, 1.82) is 0 Å². The van der Waals surface area contributed by atoms with Gasteiger partial charge in [-0.2, -0.15) is 10.1 Å². The van der Waals surface area contributed by atoms with Crippen LogP contribution in [0.4, 0.5) is 11.6 Å². The number of anilines is 2. The van der Waals surface area contributed by atoms with Crippen molar-refractivity contribution in [2.45, 2.75) is 19.4 Å². The highest BCUT2D eigenvalue weighted by molar-refractivity contribution is 6.42. The van der Waals surface area contributed by atoms with Crippen LogP contribution in [0, 0.1) is 6.92 Å². The quantitative estimate of drug-likeness (QED) is 0.898. The fourth-order valence-electron chi connectivity index (χ4n) is 2.18. The van der Waals surface area contributed by atoms with E-state index in [1.165, 1.54) is 4.68 Å². The maximum absolute atomic E-state index is 12.1. The van der Waals surface area contributed by atoms with Crippen molar-refractivity contribution in [3.63, 3.8) is 0 Å². The molecule has 1 aromatic heterocycles. The molecule has 1 atom stereocenters. The molecule has 1 aliphatic rings. The lowest BCUT2D eigenvalue weighted by Crippen LogP contribution is -2.23. The lowest BCUT2D eigenvalue weighted by atomic mass is 10.2. The largest absolute Gasteiger partial charge is 0.326 e. The highest BCUT2D eigenvalue weighted by Crippen LogP contribution is 2.27. The monoisotopic (exact) mass is 339 g/mol. The van der Waals surface area contributed by atoms with Gasteiger partial charge in [-0.1, -0.05) is 23.2 Å². The summed E-state index contributed by atoms with van der Waals surface area (Å²) in [6, 6.07) is 4.05. The van der Waals surface area contributed by atoms with Crippen LogP contribution in [0.15, 0.2) is 18.2 Å². The Morgan fingerprint density at radius 2 is 2.18 bits per heavy atom. The molecule has 0 radical (unpaired) electrons. The SMILES string of the molecule is Cc1nc2n(n1)[C@H](CC(=O)Nc1ccc(Cl)c(Cl)c1)C(=O)N2. The first-order chi connectivity index (χ1) is 10.4. The summed E-state index contributed by atoms with van der Waals surface area (Å²) in [6.07, 6.45) is -0.0537. The Morgan fingerprint density at radius 1 is 1.41 bits per heavy atom. The summed E-state index contributed by atoms with van der Waals surface area (Å²) in [5, 5.41) is 10.1. The van der Waals surface area contributed by atoms with E-state index >= 15 is 0 Å². The molecule has 1 aliphatic heterocycles. The number of aryl methyl sites for hydroxylation is 1. The summed E-state index contributed by atoms with van der Waals surface area (Å²) in [6.45, 7) is 1.71. The molecule has 1 aromatic carbocycles. The van der Waals surface area contributed by atoms with E-state index in [1.807, 2.05) is 0 Å². The predicted molar refractivity (Wildman–Crippen MR) is 82.1 cm³/mol. The average Bonchev–Trinajstić information content (AvgIpc) is 2.92. The minimum atomic E-state index is -0.709. The number of benzene rings is 1. The lowest BCUT2D eigenvalue weighted by molar-refractivity contribution is -0.123. The Balaban J connectivity index is 1.71. The molecule has 0 bridgehead atoms. The minimum Gasteiger partial charge on any atom is -0.326 e. The molecule has 2 aromatic rings. The van der Waals surface area contributed by atoms with Crippen molar-refractivity contribution < 1.29 is 9.59 Å². The van der Waals surface area contributed by atoms with Crippen LogP contribution in [-0.2, 0) is 9.59 Å². The zero-order chi connectivity index (χ0) is 15.9. The van der Waals surface area contributed by atoms with Crippen LogP contribution < -0.4 is 10.6 Å². The molecule has 0 fully saturated rings. The number of nitrogens with zero attached hydrogens (tertiary/aromatic N) is 3. The van der Waals surface area contributed by atoms with E-state index in [9.17, 15) is 9.59 Å². The van der Waals surface area contributed by atoms with Gasteiger partial charge in [-0.3, -0.25) is 14.9 Å². The standard InChI is InChI=1S/C13H11Cl2N5O2/c1-6-16-13-18-12(22)10(20(13)19-6)5-11(21)17-7-2-3-8(14)9(15)4-7/h2-4,10H,5H2,1H3,(H,17,21)(H,16,18,19,22)/t10-/m1/s1. The first-order valence-electron chi connectivity index (χ1n) is 6.43. The molecule has 2 heterocycles. The average molecular weight is 340 g/mol. The number of carbonyl (C=O) groups excluding carboxylic acids is 2. The van der Waals surface area contributed by atoms with Crippen LogP contribution in [0.2, 0.25) is 10.0 Å². The van der Waals surface area contributed by atoms with Crippen LogP contribution >= 0.6 is 23.2 Å². The van der Waals surface area contributed by atoms with Gasteiger partial charge in [0.25, 0.3) is 5.91 Å². The summed E-state index contributed by atoms with van der Waals surface area (Å²) < 4.78 is 1.42. The predicted octanol–water partition coefficient (Wildman–Crippen LogP) is 2.42. The number of amides is 2. The second-order valence-corrected chi connectivity index (χ2v) is 5.63. The molecule has 0 saturated heterocycles. The first kappa shape index (κ1) is 14.8. The third-order valence-electron chi connectivity index (χ3n) is 3.15. The number of nitrogens with one attached hydrogen (secondary N) is 2. The molecule has 7 nitrogen and oxygen atoms in total. The second-order valence-electron chi connectivity index (χ2n) is 4.81. The minimum absolute atomic E-state index is 0.0537. The summed E-state index contributed by atoms with van der Waals surface area (Å²) in [5.41, 5.74) is 0.507. The van der Waals surface area contributed by atoms with Crippen molar-refractivity contribution >= 4 is 46.7 Å². The maximum Gasteiger partial charge on any atom is 0.252 e. The molecule has 2 N–H and O–H groups in total. The Bertz CT molecular complexity index is 774. The van der Waals surface area contributed by atoms with E-state index in [-0.39, 0.29) is 18.2 Å². The summed E-state index contributed by atoms with van der Waals surface area (Å²) in [7, 11) is 0. The summed E-state index contributed by atoms with van der Waals surface area (Å²) in [5.74, 6) is 0.249. The molecule has 3 rings (SSSR count). The van der Waals surface area contributed by atoms with Gasteiger partial charge in [0, 0.05) is 5.69 Å².